The maximum absolute atomic E-state index is 8.99. The van der Waals surface area contributed by atoms with E-state index in [1.807, 2.05) is 0 Å². The van der Waals surface area contributed by atoms with E-state index < -0.39 is 0 Å². The van der Waals surface area contributed by atoms with Crippen molar-refractivity contribution in [1.82, 2.24) is 5.32 Å². The Hall–Kier alpha value is -0.340. The van der Waals surface area contributed by atoms with E-state index >= 15 is 0 Å². The molecule has 72 valence electrons. The Morgan fingerprint density at radius 3 is 2.42 bits per heavy atom. The minimum absolute atomic E-state index is 0.202. The second-order valence-electron chi connectivity index (χ2n) is 3.52. The maximum atomic E-state index is 8.99. The summed E-state index contributed by atoms with van der Waals surface area (Å²) in [7, 11) is 0. The van der Waals surface area contributed by atoms with Gasteiger partial charge in [0, 0.05) is 12.6 Å². The zero-order valence-electron chi connectivity index (χ0n) is 8.43. The summed E-state index contributed by atoms with van der Waals surface area (Å²) in [5.41, 5.74) is 1.19. The number of rotatable bonds is 6. The molecule has 0 heterocycles. The lowest BCUT2D eigenvalue weighted by Gasteiger charge is -2.20. The molecule has 0 unspecified atom stereocenters. The van der Waals surface area contributed by atoms with Crippen LogP contribution in [-0.4, -0.2) is 24.3 Å². The van der Waals surface area contributed by atoms with Crippen molar-refractivity contribution in [2.75, 3.05) is 13.2 Å². The van der Waals surface area contributed by atoms with Gasteiger partial charge in [0.25, 0.3) is 0 Å². The van der Waals surface area contributed by atoms with E-state index in [1.165, 1.54) is 5.57 Å². The summed E-state index contributed by atoms with van der Waals surface area (Å²) in [6.45, 7) is 11.2. The van der Waals surface area contributed by atoms with Gasteiger partial charge in [0.05, 0.1) is 6.61 Å². The highest BCUT2D eigenvalue weighted by Gasteiger charge is 2.10. The summed E-state index contributed by atoms with van der Waals surface area (Å²) in [4.78, 5) is 0. The van der Waals surface area contributed by atoms with Crippen LogP contribution < -0.4 is 5.32 Å². The van der Waals surface area contributed by atoms with Gasteiger partial charge in [-0.25, -0.2) is 0 Å². The van der Waals surface area contributed by atoms with Crippen LogP contribution >= 0.6 is 0 Å². The molecule has 0 aliphatic heterocycles. The quantitative estimate of drug-likeness (QED) is 0.594. The third kappa shape index (κ3) is 4.52. The van der Waals surface area contributed by atoms with Crippen molar-refractivity contribution in [2.45, 2.75) is 33.2 Å². The zero-order valence-corrected chi connectivity index (χ0v) is 8.43. The second kappa shape index (κ2) is 6.21. The third-order valence-corrected chi connectivity index (χ3v) is 2.12. The molecule has 0 aliphatic carbocycles. The fourth-order valence-corrected chi connectivity index (χ4v) is 0.912. The molecular weight excluding hydrogens is 150 g/mol. The van der Waals surface area contributed by atoms with Crippen LogP contribution in [0.1, 0.15) is 27.2 Å². The van der Waals surface area contributed by atoms with E-state index in [0.717, 1.165) is 13.0 Å². The summed E-state index contributed by atoms with van der Waals surface area (Å²) >= 11 is 0. The zero-order chi connectivity index (χ0) is 9.56. The number of hydrogen-bond donors (Lipinski definition) is 2. The van der Waals surface area contributed by atoms with Crippen LogP contribution in [0.2, 0.25) is 0 Å². The average Bonchev–Trinajstić information content (AvgIpc) is 2.04. The second-order valence-corrected chi connectivity index (χ2v) is 3.52. The lowest BCUT2D eigenvalue weighted by Crippen LogP contribution is -2.37. The molecular formula is C10H21NO. The highest BCUT2D eigenvalue weighted by Crippen LogP contribution is 2.01. The van der Waals surface area contributed by atoms with E-state index in [9.17, 15) is 0 Å². The Morgan fingerprint density at radius 2 is 2.08 bits per heavy atom. The van der Waals surface area contributed by atoms with Gasteiger partial charge in [-0.3, -0.25) is 0 Å². The molecule has 0 aromatic carbocycles. The molecule has 1 atom stereocenters. The van der Waals surface area contributed by atoms with Gasteiger partial charge in [0.1, 0.15) is 0 Å². The molecule has 0 aromatic rings. The van der Waals surface area contributed by atoms with Crippen LogP contribution in [0.25, 0.3) is 0 Å². The fraction of sp³-hybridized carbons (Fsp3) is 0.800. The first kappa shape index (κ1) is 11.7. The highest BCUT2D eigenvalue weighted by molar-refractivity contribution is 4.95. The summed E-state index contributed by atoms with van der Waals surface area (Å²) in [5, 5.41) is 12.3. The lowest BCUT2D eigenvalue weighted by atomic mass is 10.1. The predicted octanol–water partition coefficient (Wildman–Crippen LogP) is 1.56. The normalized spacial score (nSPS) is 13.4. The minimum Gasteiger partial charge on any atom is -0.395 e. The van der Waals surface area contributed by atoms with Crippen molar-refractivity contribution in [3.8, 4) is 0 Å². The number of nitrogens with one attached hydrogen (secondary N) is 1. The van der Waals surface area contributed by atoms with Crippen LogP contribution in [0.4, 0.5) is 0 Å². The molecule has 0 spiro atoms. The van der Waals surface area contributed by atoms with E-state index in [4.69, 9.17) is 5.11 Å². The monoisotopic (exact) mass is 171 g/mol. The van der Waals surface area contributed by atoms with Crippen molar-refractivity contribution in [1.29, 1.82) is 0 Å². The molecule has 0 bridgehead atoms. The van der Waals surface area contributed by atoms with Gasteiger partial charge < -0.3 is 10.4 Å². The Kier molecular flexibility index (Phi) is 6.03. The standard InChI is InChI=1S/C10H21NO/c1-5-9(4)6-11-10(7-12)8(2)3/h8,10-12H,4-7H2,1-3H3/t10-/m1/s1. The van der Waals surface area contributed by atoms with Gasteiger partial charge in [-0.05, 0) is 12.3 Å². The van der Waals surface area contributed by atoms with Crippen LogP contribution in [0.5, 0.6) is 0 Å². The first-order chi connectivity index (χ1) is 5.61. The minimum atomic E-state index is 0.202. The highest BCUT2D eigenvalue weighted by atomic mass is 16.3. The predicted molar refractivity (Wildman–Crippen MR) is 53.1 cm³/mol. The summed E-state index contributed by atoms with van der Waals surface area (Å²) < 4.78 is 0. The van der Waals surface area contributed by atoms with Crippen LogP contribution in [0, 0.1) is 5.92 Å². The van der Waals surface area contributed by atoms with Gasteiger partial charge in [-0.15, -0.1) is 0 Å². The van der Waals surface area contributed by atoms with Crippen molar-refractivity contribution in [3.63, 3.8) is 0 Å². The van der Waals surface area contributed by atoms with Gasteiger partial charge >= 0.3 is 0 Å². The van der Waals surface area contributed by atoms with Crippen molar-refractivity contribution >= 4 is 0 Å². The number of hydrogen-bond acceptors (Lipinski definition) is 2. The Balaban J connectivity index is 3.65. The Labute approximate surface area is 75.7 Å². The van der Waals surface area contributed by atoms with Gasteiger partial charge in [-0.1, -0.05) is 32.9 Å². The number of aliphatic hydroxyl groups excluding tert-OH is 1. The molecule has 0 saturated carbocycles. The Morgan fingerprint density at radius 1 is 1.50 bits per heavy atom. The van der Waals surface area contributed by atoms with Crippen LogP contribution in [-0.2, 0) is 0 Å². The molecule has 0 amide bonds. The van der Waals surface area contributed by atoms with E-state index in [2.05, 4.69) is 32.7 Å². The largest absolute Gasteiger partial charge is 0.395 e. The molecule has 12 heavy (non-hydrogen) atoms. The first-order valence-electron chi connectivity index (χ1n) is 4.62. The molecule has 0 aromatic heterocycles. The smallest absolute Gasteiger partial charge is 0.0587 e. The van der Waals surface area contributed by atoms with Gasteiger partial charge in [0.15, 0.2) is 0 Å². The van der Waals surface area contributed by atoms with E-state index in [0.29, 0.717) is 5.92 Å². The third-order valence-electron chi connectivity index (χ3n) is 2.12. The summed E-state index contributed by atoms with van der Waals surface area (Å²) in [6, 6.07) is 0.202. The molecule has 0 fully saturated rings. The van der Waals surface area contributed by atoms with Crippen molar-refractivity contribution in [3.05, 3.63) is 12.2 Å². The first-order valence-corrected chi connectivity index (χ1v) is 4.62. The average molecular weight is 171 g/mol. The van der Waals surface area contributed by atoms with E-state index in [1.54, 1.807) is 0 Å². The molecule has 0 saturated heterocycles. The molecule has 2 heteroatoms. The van der Waals surface area contributed by atoms with E-state index in [-0.39, 0.29) is 12.6 Å². The molecule has 0 rings (SSSR count). The van der Waals surface area contributed by atoms with Crippen LogP contribution in [0.3, 0.4) is 0 Å². The topological polar surface area (TPSA) is 32.3 Å². The van der Waals surface area contributed by atoms with Gasteiger partial charge in [-0.2, -0.15) is 0 Å². The summed E-state index contributed by atoms with van der Waals surface area (Å²) in [6.07, 6.45) is 1.00. The summed E-state index contributed by atoms with van der Waals surface area (Å²) in [5.74, 6) is 0.472. The fourth-order valence-electron chi connectivity index (χ4n) is 0.912. The SMILES string of the molecule is C=C(CC)CN[C@H](CO)C(C)C. The molecule has 2 nitrogen and oxygen atoms in total. The van der Waals surface area contributed by atoms with Crippen molar-refractivity contribution in [2.24, 2.45) is 5.92 Å². The maximum Gasteiger partial charge on any atom is 0.0587 e. The van der Waals surface area contributed by atoms with Crippen LogP contribution in [0.15, 0.2) is 12.2 Å². The number of aliphatic hydroxyl groups is 1. The molecule has 0 aliphatic rings. The van der Waals surface area contributed by atoms with Gasteiger partial charge in [0.2, 0.25) is 0 Å². The molecule has 2 N–H and O–H groups in total. The molecule has 0 radical (unpaired) electrons. The van der Waals surface area contributed by atoms with Crippen molar-refractivity contribution < 1.29 is 5.11 Å². The Bertz CT molecular complexity index is 132. The lowest BCUT2D eigenvalue weighted by molar-refractivity contribution is 0.214.